The molecule has 1 saturated carbocycles. The van der Waals surface area contributed by atoms with E-state index in [1.807, 2.05) is 25.1 Å². The zero-order valence-electron chi connectivity index (χ0n) is 13.9. The molecule has 0 bridgehead atoms. The van der Waals surface area contributed by atoms with Crippen molar-refractivity contribution in [2.24, 2.45) is 5.92 Å². The van der Waals surface area contributed by atoms with Crippen molar-refractivity contribution < 1.29 is 9.59 Å². The average molecular weight is 353 g/mol. The maximum Gasteiger partial charge on any atom is 0.321 e. The zero-order chi connectivity index (χ0) is 16.2. The molecule has 0 atom stereocenters. The summed E-state index contributed by atoms with van der Waals surface area (Å²) in [6, 6.07) is 5.69. The van der Waals surface area contributed by atoms with Crippen LogP contribution in [0.1, 0.15) is 25.3 Å². The number of nitrogens with one attached hydrogen (secondary N) is 3. The molecule has 24 heavy (non-hydrogen) atoms. The number of anilines is 2. The van der Waals surface area contributed by atoms with Crippen molar-refractivity contribution in [3.63, 3.8) is 0 Å². The molecule has 1 aliphatic carbocycles. The van der Waals surface area contributed by atoms with Gasteiger partial charge >= 0.3 is 6.03 Å². The number of urea groups is 1. The first-order valence-electron chi connectivity index (χ1n) is 8.36. The number of benzene rings is 1. The van der Waals surface area contributed by atoms with E-state index in [2.05, 4.69) is 16.0 Å². The van der Waals surface area contributed by atoms with Gasteiger partial charge in [0, 0.05) is 18.8 Å². The standard InChI is InChI=1S/C17H24N4O2.ClH/c1-2-19-17(23)21-8-7-13-5-6-14(9-15(13)21)20-16(22)11-18-10-12-3-4-12;/h5-6,9,12,18H,2-4,7-8,10-11H2,1H3,(H,19,23)(H,20,22);1H. The molecule has 3 amide bonds. The lowest BCUT2D eigenvalue weighted by atomic mass is 10.1. The fraction of sp³-hybridized carbons (Fsp3) is 0.529. The van der Waals surface area contributed by atoms with E-state index in [0.717, 1.165) is 35.8 Å². The second-order valence-corrected chi connectivity index (χ2v) is 6.20. The fourth-order valence-corrected chi connectivity index (χ4v) is 2.83. The second kappa shape index (κ2) is 8.35. The number of carbonyl (C=O) groups is 2. The Labute approximate surface area is 148 Å². The molecule has 1 fully saturated rings. The largest absolute Gasteiger partial charge is 0.338 e. The van der Waals surface area contributed by atoms with Gasteiger partial charge in [-0.2, -0.15) is 0 Å². The van der Waals surface area contributed by atoms with Crippen LogP contribution in [0, 0.1) is 5.92 Å². The van der Waals surface area contributed by atoms with Gasteiger partial charge in [0.1, 0.15) is 0 Å². The van der Waals surface area contributed by atoms with Gasteiger partial charge in [-0.15, -0.1) is 12.4 Å². The van der Waals surface area contributed by atoms with E-state index >= 15 is 0 Å². The summed E-state index contributed by atoms with van der Waals surface area (Å²) in [6.07, 6.45) is 3.40. The summed E-state index contributed by atoms with van der Waals surface area (Å²) in [5, 5.41) is 8.90. The van der Waals surface area contributed by atoms with Gasteiger partial charge in [0.05, 0.1) is 12.2 Å². The van der Waals surface area contributed by atoms with Crippen LogP contribution >= 0.6 is 12.4 Å². The minimum atomic E-state index is -0.0826. The Balaban J connectivity index is 0.00000208. The molecule has 1 aromatic rings. The molecule has 0 aromatic heterocycles. The van der Waals surface area contributed by atoms with Gasteiger partial charge < -0.3 is 16.0 Å². The molecule has 0 spiro atoms. The number of halogens is 1. The van der Waals surface area contributed by atoms with Gasteiger partial charge in [0.25, 0.3) is 0 Å². The van der Waals surface area contributed by atoms with Crippen molar-refractivity contribution in [2.75, 3.05) is 36.4 Å². The third-order valence-corrected chi connectivity index (χ3v) is 4.25. The number of fused-ring (bicyclic) bond motifs is 1. The van der Waals surface area contributed by atoms with Crippen molar-refractivity contribution in [1.29, 1.82) is 0 Å². The van der Waals surface area contributed by atoms with Gasteiger partial charge in [-0.25, -0.2) is 4.79 Å². The lowest BCUT2D eigenvalue weighted by molar-refractivity contribution is -0.115. The number of carbonyl (C=O) groups excluding carboxylic acids is 2. The van der Waals surface area contributed by atoms with Crippen LogP contribution in [-0.4, -0.2) is 38.1 Å². The van der Waals surface area contributed by atoms with E-state index in [-0.39, 0.29) is 24.3 Å². The molecule has 0 radical (unpaired) electrons. The molecular formula is C17H25ClN4O2. The molecular weight excluding hydrogens is 328 g/mol. The first-order chi connectivity index (χ1) is 11.2. The van der Waals surface area contributed by atoms with E-state index in [1.54, 1.807) is 4.90 Å². The van der Waals surface area contributed by atoms with E-state index in [1.165, 1.54) is 12.8 Å². The number of rotatable bonds is 6. The normalized spacial score (nSPS) is 15.5. The van der Waals surface area contributed by atoms with Crippen LogP contribution in [0.15, 0.2) is 18.2 Å². The number of hydrogen-bond acceptors (Lipinski definition) is 3. The van der Waals surface area contributed by atoms with Crippen LogP contribution in [-0.2, 0) is 11.2 Å². The third-order valence-electron chi connectivity index (χ3n) is 4.25. The molecule has 0 unspecified atom stereocenters. The Morgan fingerprint density at radius 1 is 1.29 bits per heavy atom. The number of hydrogen-bond donors (Lipinski definition) is 3. The highest BCUT2D eigenvalue weighted by Crippen LogP contribution is 2.31. The Morgan fingerprint density at radius 3 is 2.79 bits per heavy atom. The van der Waals surface area contributed by atoms with Crippen molar-refractivity contribution in [2.45, 2.75) is 26.2 Å². The van der Waals surface area contributed by atoms with Crippen molar-refractivity contribution in [3.05, 3.63) is 23.8 Å². The van der Waals surface area contributed by atoms with Gasteiger partial charge in [-0.3, -0.25) is 9.69 Å². The van der Waals surface area contributed by atoms with Gasteiger partial charge in [-0.1, -0.05) is 6.07 Å². The summed E-state index contributed by atoms with van der Waals surface area (Å²) in [4.78, 5) is 25.8. The Morgan fingerprint density at radius 2 is 2.08 bits per heavy atom. The summed E-state index contributed by atoms with van der Waals surface area (Å²) in [5.74, 6) is 0.710. The van der Waals surface area contributed by atoms with E-state index in [9.17, 15) is 9.59 Å². The quantitative estimate of drug-likeness (QED) is 0.734. The highest BCUT2D eigenvalue weighted by molar-refractivity contribution is 5.97. The topological polar surface area (TPSA) is 73.5 Å². The first-order valence-corrected chi connectivity index (χ1v) is 8.36. The van der Waals surface area contributed by atoms with E-state index < -0.39 is 0 Å². The Kier molecular flexibility index (Phi) is 6.45. The number of amides is 3. The van der Waals surface area contributed by atoms with Gasteiger partial charge in [0.15, 0.2) is 0 Å². The molecule has 7 heteroatoms. The molecule has 3 rings (SSSR count). The maximum absolute atomic E-state index is 12.1. The van der Waals surface area contributed by atoms with E-state index in [0.29, 0.717) is 19.6 Å². The van der Waals surface area contributed by atoms with Crippen LogP contribution in [0.4, 0.5) is 16.2 Å². The van der Waals surface area contributed by atoms with Crippen molar-refractivity contribution >= 4 is 35.7 Å². The fourth-order valence-electron chi connectivity index (χ4n) is 2.83. The highest BCUT2D eigenvalue weighted by atomic mass is 35.5. The minimum absolute atomic E-state index is 0. The van der Waals surface area contributed by atoms with Crippen LogP contribution in [0.25, 0.3) is 0 Å². The third kappa shape index (κ3) is 4.61. The predicted octanol–water partition coefficient (Wildman–Crippen LogP) is 2.14. The van der Waals surface area contributed by atoms with Crippen LogP contribution in [0.2, 0.25) is 0 Å². The Bertz CT molecular complexity index is 604. The predicted molar refractivity (Wildman–Crippen MR) is 98.0 cm³/mol. The van der Waals surface area contributed by atoms with Crippen molar-refractivity contribution in [1.82, 2.24) is 10.6 Å². The molecule has 3 N–H and O–H groups in total. The smallest absolute Gasteiger partial charge is 0.321 e. The van der Waals surface area contributed by atoms with E-state index in [4.69, 9.17) is 0 Å². The maximum atomic E-state index is 12.1. The summed E-state index contributed by atoms with van der Waals surface area (Å²) < 4.78 is 0. The van der Waals surface area contributed by atoms with Gasteiger partial charge in [-0.05, 0) is 56.3 Å². The molecule has 1 aliphatic heterocycles. The molecule has 2 aliphatic rings. The summed E-state index contributed by atoms with van der Waals surface area (Å²) in [5.41, 5.74) is 2.76. The van der Waals surface area contributed by atoms with Crippen LogP contribution < -0.4 is 20.9 Å². The average Bonchev–Trinajstić information content (AvgIpc) is 3.25. The van der Waals surface area contributed by atoms with Crippen molar-refractivity contribution in [3.8, 4) is 0 Å². The first kappa shape index (κ1) is 18.5. The molecule has 1 heterocycles. The molecule has 0 saturated heterocycles. The summed E-state index contributed by atoms with van der Waals surface area (Å²) in [7, 11) is 0. The second-order valence-electron chi connectivity index (χ2n) is 6.20. The Hall–Kier alpha value is -1.79. The summed E-state index contributed by atoms with van der Waals surface area (Å²) >= 11 is 0. The molecule has 6 nitrogen and oxygen atoms in total. The van der Waals surface area contributed by atoms with Gasteiger partial charge in [0.2, 0.25) is 5.91 Å². The SMILES string of the molecule is CCNC(=O)N1CCc2ccc(NC(=O)CNCC3CC3)cc21.Cl. The summed E-state index contributed by atoms with van der Waals surface area (Å²) in [6.45, 7) is 4.44. The number of nitrogens with zero attached hydrogens (tertiary/aromatic N) is 1. The monoisotopic (exact) mass is 352 g/mol. The lowest BCUT2D eigenvalue weighted by Gasteiger charge is -2.18. The minimum Gasteiger partial charge on any atom is -0.338 e. The lowest BCUT2D eigenvalue weighted by Crippen LogP contribution is -2.38. The van der Waals surface area contributed by atoms with Crippen LogP contribution in [0.5, 0.6) is 0 Å². The van der Waals surface area contributed by atoms with Crippen LogP contribution in [0.3, 0.4) is 0 Å². The molecule has 1 aromatic carbocycles. The zero-order valence-corrected chi connectivity index (χ0v) is 14.7. The molecule has 132 valence electrons. The highest BCUT2D eigenvalue weighted by Gasteiger charge is 2.24.